The molecule has 2 aromatic carbocycles. The normalized spacial score (nSPS) is 10.0. The highest BCUT2D eigenvalue weighted by molar-refractivity contribution is 5.72. The molecule has 88 valence electrons. The molecule has 3 N–H and O–H groups in total. The van der Waals surface area contributed by atoms with Crippen molar-refractivity contribution in [3.05, 3.63) is 48.0 Å². The third-order valence-corrected chi connectivity index (χ3v) is 2.63. The van der Waals surface area contributed by atoms with Gasteiger partial charge < -0.3 is 15.8 Å². The molecule has 0 radical (unpaired) electrons. The number of nitrogen functional groups attached to an aromatic ring is 1. The molecule has 3 heteroatoms. The van der Waals surface area contributed by atoms with Crippen LogP contribution in [0.3, 0.4) is 0 Å². The van der Waals surface area contributed by atoms with Gasteiger partial charge in [-0.25, -0.2) is 0 Å². The van der Waals surface area contributed by atoms with Gasteiger partial charge in [-0.3, -0.25) is 0 Å². The van der Waals surface area contributed by atoms with E-state index in [1.165, 1.54) is 0 Å². The molecule has 2 rings (SSSR count). The van der Waals surface area contributed by atoms with Crippen LogP contribution in [0.15, 0.2) is 42.5 Å². The highest BCUT2D eigenvalue weighted by Gasteiger charge is 2.01. The van der Waals surface area contributed by atoms with Crippen LogP contribution in [0.2, 0.25) is 0 Å². The maximum Gasteiger partial charge on any atom is 0.121 e. The van der Waals surface area contributed by atoms with Gasteiger partial charge in [0.1, 0.15) is 5.75 Å². The van der Waals surface area contributed by atoms with Crippen LogP contribution in [0.1, 0.15) is 5.56 Å². The van der Waals surface area contributed by atoms with E-state index < -0.39 is 0 Å². The quantitative estimate of drug-likeness (QED) is 0.792. The Morgan fingerprint density at radius 1 is 1.12 bits per heavy atom. The monoisotopic (exact) mass is 228 g/mol. The Bertz CT molecular complexity index is 523. The second-order valence-corrected chi connectivity index (χ2v) is 3.90. The zero-order valence-electron chi connectivity index (χ0n) is 10.0. The maximum absolute atomic E-state index is 5.88. The summed E-state index contributed by atoms with van der Waals surface area (Å²) in [5, 5.41) is 3.28. The Kier molecular flexibility index (Phi) is 3.19. The fourth-order valence-corrected chi connectivity index (χ4v) is 1.72. The lowest BCUT2D eigenvalue weighted by atomic mass is 10.2. The summed E-state index contributed by atoms with van der Waals surface area (Å²) in [4.78, 5) is 0. The van der Waals surface area contributed by atoms with Crippen molar-refractivity contribution in [2.75, 3.05) is 18.2 Å². The zero-order valence-corrected chi connectivity index (χ0v) is 10.0. The minimum Gasteiger partial charge on any atom is -0.496 e. The largest absolute Gasteiger partial charge is 0.496 e. The first-order valence-electron chi connectivity index (χ1n) is 5.47. The summed E-state index contributed by atoms with van der Waals surface area (Å²) in [7, 11) is 1.67. The molecule has 0 heterocycles. The van der Waals surface area contributed by atoms with Gasteiger partial charge in [0.25, 0.3) is 0 Å². The molecular formula is C14H16N2O. The van der Waals surface area contributed by atoms with Gasteiger partial charge in [0.15, 0.2) is 0 Å². The first kappa shape index (κ1) is 11.3. The van der Waals surface area contributed by atoms with Crippen LogP contribution < -0.4 is 15.8 Å². The molecule has 2 aromatic rings. The third-order valence-electron chi connectivity index (χ3n) is 2.63. The van der Waals surface area contributed by atoms with Gasteiger partial charge in [0, 0.05) is 5.69 Å². The molecule has 0 atom stereocenters. The molecule has 17 heavy (non-hydrogen) atoms. The van der Waals surface area contributed by atoms with E-state index in [0.29, 0.717) is 0 Å². The van der Waals surface area contributed by atoms with Crippen LogP contribution in [0.4, 0.5) is 17.1 Å². The molecule has 0 aliphatic carbocycles. The minimum atomic E-state index is 0.737. The molecule has 0 fully saturated rings. The molecule has 0 aliphatic rings. The fraction of sp³-hybridized carbons (Fsp3) is 0.143. The van der Waals surface area contributed by atoms with Crippen molar-refractivity contribution in [2.24, 2.45) is 0 Å². The smallest absolute Gasteiger partial charge is 0.121 e. The number of para-hydroxylation sites is 2. The predicted octanol–water partition coefficient (Wildman–Crippen LogP) is 3.33. The molecule has 0 unspecified atom stereocenters. The first-order valence-corrected chi connectivity index (χ1v) is 5.47. The fourth-order valence-electron chi connectivity index (χ4n) is 1.72. The molecule has 0 amide bonds. The van der Waals surface area contributed by atoms with Crippen LogP contribution >= 0.6 is 0 Å². The van der Waals surface area contributed by atoms with Crippen molar-refractivity contribution in [1.29, 1.82) is 0 Å². The summed E-state index contributed by atoms with van der Waals surface area (Å²) in [6.07, 6.45) is 0. The van der Waals surface area contributed by atoms with Crippen LogP contribution in [0, 0.1) is 6.92 Å². The molecule has 0 saturated carbocycles. The number of rotatable bonds is 3. The number of anilines is 3. The van der Waals surface area contributed by atoms with Gasteiger partial charge >= 0.3 is 0 Å². The summed E-state index contributed by atoms with van der Waals surface area (Å²) in [6, 6.07) is 13.6. The van der Waals surface area contributed by atoms with Crippen molar-refractivity contribution in [3.63, 3.8) is 0 Å². The zero-order chi connectivity index (χ0) is 12.3. The van der Waals surface area contributed by atoms with E-state index in [-0.39, 0.29) is 0 Å². The van der Waals surface area contributed by atoms with Crippen molar-refractivity contribution in [2.45, 2.75) is 6.92 Å². The predicted molar refractivity (Wildman–Crippen MR) is 71.9 cm³/mol. The van der Waals surface area contributed by atoms with E-state index >= 15 is 0 Å². The minimum absolute atomic E-state index is 0.737. The SMILES string of the molecule is COc1ccc(Nc2ccccc2N)cc1C. The lowest BCUT2D eigenvalue weighted by Gasteiger charge is -2.11. The average Bonchev–Trinajstić information content (AvgIpc) is 2.32. The van der Waals surface area contributed by atoms with Gasteiger partial charge in [-0.15, -0.1) is 0 Å². The third kappa shape index (κ3) is 2.50. The highest BCUT2D eigenvalue weighted by atomic mass is 16.5. The van der Waals surface area contributed by atoms with Gasteiger partial charge in [0.2, 0.25) is 0 Å². The van der Waals surface area contributed by atoms with Crippen molar-refractivity contribution >= 4 is 17.1 Å². The van der Waals surface area contributed by atoms with Gasteiger partial charge in [-0.1, -0.05) is 12.1 Å². The number of nitrogens with one attached hydrogen (secondary N) is 1. The topological polar surface area (TPSA) is 47.3 Å². The van der Waals surface area contributed by atoms with Crippen LogP contribution in [-0.2, 0) is 0 Å². The molecule has 0 bridgehead atoms. The molecule has 0 aliphatic heterocycles. The number of methoxy groups -OCH3 is 1. The molecule has 0 saturated heterocycles. The van der Waals surface area contributed by atoms with E-state index in [4.69, 9.17) is 10.5 Å². The van der Waals surface area contributed by atoms with Crippen molar-refractivity contribution in [3.8, 4) is 5.75 Å². The molecule has 0 spiro atoms. The van der Waals surface area contributed by atoms with Gasteiger partial charge in [-0.2, -0.15) is 0 Å². The molecule has 3 nitrogen and oxygen atoms in total. The van der Waals surface area contributed by atoms with Crippen LogP contribution in [-0.4, -0.2) is 7.11 Å². The number of hydrogen-bond acceptors (Lipinski definition) is 3. The van der Waals surface area contributed by atoms with E-state index in [9.17, 15) is 0 Å². The summed E-state index contributed by atoms with van der Waals surface area (Å²) in [5.74, 6) is 0.886. The first-order chi connectivity index (χ1) is 8.20. The number of ether oxygens (including phenoxy) is 1. The Labute approximate surface area is 101 Å². The second kappa shape index (κ2) is 4.78. The van der Waals surface area contributed by atoms with E-state index in [0.717, 1.165) is 28.4 Å². The van der Waals surface area contributed by atoms with Gasteiger partial charge in [0.05, 0.1) is 18.5 Å². The van der Waals surface area contributed by atoms with Crippen LogP contribution in [0.5, 0.6) is 5.75 Å². The molecular weight excluding hydrogens is 212 g/mol. The lowest BCUT2D eigenvalue weighted by molar-refractivity contribution is 0.412. The van der Waals surface area contributed by atoms with Crippen molar-refractivity contribution < 1.29 is 4.74 Å². The van der Waals surface area contributed by atoms with Crippen LogP contribution in [0.25, 0.3) is 0 Å². The Hall–Kier alpha value is -2.16. The number of hydrogen-bond donors (Lipinski definition) is 2. The average molecular weight is 228 g/mol. The summed E-state index contributed by atoms with van der Waals surface area (Å²) in [6.45, 7) is 2.01. The second-order valence-electron chi connectivity index (χ2n) is 3.90. The number of benzene rings is 2. The lowest BCUT2D eigenvalue weighted by Crippen LogP contribution is -1.96. The summed E-state index contributed by atoms with van der Waals surface area (Å²) in [5.41, 5.74) is 9.62. The van der Waals surface area contributed by atoms with E-state index in [2.05, 4.69) is 5.32 Å². The standard InChI is InChI=1S/C14H16N2O/c1-10-9-11(7-8-14(10)17-2)16-13-6-4-3-5-12(13)15/h3-9,16H,15H2,1-2H3. The van der Waals surface area contributed by atoms with Crippen molar-refractivity contribution in [1.82, 2.24) is 0 Å². The van der Waals surface area contributed by atoms with E-state index in [1.807, 2.05) is 49.4 Å². The van der Waals surface area contributed by atoms with Gasteiger partial charge in [-0.05, 0) is 42.8 Å². The Balaban J connectivity index is 2.25. The molecule has 0 aromatic heterocycles. The maximum atomic E-state index is 5.88. The highest BCUT2D eigenvalue weighted by Crippen LogP contribution is 2.26. The summed E-state index contributed by atoms with van der Waals surface area (Å²) >= 11 is 0. The Morgan fingerprint density at radius 2 is 1.88 bits per heavy atom. The number of aryl methyl sites for hydroxylation is 1. The van der Waals surface area contributed by atoms with E-state index in [1.54, 1.807) is 7.11 Å². The summed E-state index contributed by atoms with van der Waals surface area (Å²) < 4.78 is 5.22. The number of nitrogens with two attached hydrogens (primary N) is 1. The Morgan fingerprint density at radius 3 is 2.53 bits per heavy atom.